The first kappa shape index (κ1) is 39.6. The van der Waals surface area contributed by atoms with E-state index in [0.29, 0.717) is 35.1 Å². The number of carbonyl (C=O) groups is 3. The normalized spacial score (nSPS) is 14.9. The Balaban J connectivity index is 1.36. The largest absolute Gasteiger partial charge is 0.488 e. The first-order chi connectivity index (χ1) is 26.1. The number of ether oxygens (including phenoxy) is 2. The van der Waals surface area contributed by atoms with Crippen molar-refractivity contribution in [1.82, 2.24) is 20.9 Å². The highest BCUT2D eigenvalue weighted by Gasteiger charge is 2.30. The summed E-state index contributed by atoms with van der Waals surface area (Å²) >= 11 is 6.76. The van der Waals surface area contributed by atoms with Crippen LogP contribution in [0.4, 0.5) is 4.39 Å². The predicted octanol–water partition coefficient (Wildman–Crippen LogP) is 2.55. The minimum Gasteiger partial charge on any atom is -0.488 e. The van der Waals surface area contributed by atoms with Gasteiger partial charge < -0.3 is 40.5 Å². The van der Waals surface area contributed by atoms with Gasteiger partial charge in [-0.3, -0.25) is 19.9 Å². The van der Waals surface area contributed by atoms with E-state index in [1.165, 1.54) is 18.5 Å². The molecule has 0 fully saturated rings. The Morgan fingerprint density at radius 2 is 1.63 bits per heavy atom. The first-order valence-corrected chi connectivity index (χ1v) is 17.2. The molecule has 0 spiro atoms. The van der Waals surface area contributed by atoms with E-state index in [4.69, 9.17) is 26.2 Å². The highest BCUT2D eigenvalue weighted by molar-refractivity contribution is 6.32. The van der Waals surface area contributed by atoms with Gasteiger partial charge in [0.2, 0.25) is 11.8 Å². The number of aromatic nitrogens is 1. The zero-order valence-corrected chi connectivity index (χ0v) is 29.4. The lowest BCUT2D eigenvalue weighted by atomic mass is 9.96. The molecular formula is C38H37ClFN5O9. The van der Waals surface area contributed by atoms with Crippen LogP contribution in [0.3, 0.4) is 0 Å². The molecule has 7 N–H and O–H groups in total. The molecule has 54 heavy (non-hydrogen) atoms. The number of pyridine rings is 1. The molecule has 5 rings (SSSR count). The van der Waals surface area contributed by atoms with Gasteiger partial charge in [-0.2, -0.15) is 5.26 Å². The molecule has 0 saturated carbocycles. The zero-order chi connectivity index (χ0) is 38.8. The maximum absolute atomic E-state index is 14.7. The summed E-state index contributed by atoms with van der Waals surface area (Å²) in [6, 6.07) is 14.4. The van der Waals surface area contributed by atoms with Gasteiger partial charge in [-0.05, 0) is 47.7 Å². The van der Waals surface area contributed by atoms with Crippen LogP contribution in [0, 0.1) is 17.1 Å². The lowest BCUT2D eigenvalue weighted by molar-refractivity contribution is -0.143. The maximum Gasteiger partial charge on any atom is 0.328 e. The van der Waals surface area contributed by atoms with Gasteiger partial charge in [0.1, 0.15) is 54.2 Å². The number of aliphatic hydroxyl groups is 3. The highest BCUT2D eigenvalue weighted by Crippen LogP contribution is 2.43. The molecule has 4 atom stereocenters. The summed E-state index contributed by atoms with van der Waals surface area (Å²) in [5.74, 6) is -3.25. The first-order valence-electron chi connectivity index (χ1n) is 16.8. The van der Waals surface area contributed by atoms with E-state index in [9.17, 15) is 39.4 Å². The fourth-order valence-corrected chi connectivity index (χ4v) is 6.18. The molecule has 0 bridgehead atoms. The number of amides is 2. The van der Waals surface area contributed by atoms with Crippen molar-refractivity contribution in [2.24, 2.45) is 0 Å². The number of aliphatic hydroxyl groups excluding tert-OH is 3. The van der Waals surface area contributed by atoms with E-state index < -0.39 is 61.8 Å². The lowest BCUT2D eigenvalue weighted by Gasteiger charge is -2.23. The summed E-state index contributed by atoms with van der Waals surface area (Å²) in [6.45, 7) is -2.69. The van der Waals surface area contributed by atoms with Gasteiger partial charge in [0.05, 0.1) is 30.4 Å². The van der Waals surface area contributed by atoms with E-state index in [2.05, 4.69) is 15.6 Å². The monoisotopic (exact) mass is 761 g/mol. The predicted molar refractivity (Wildman–Crippen MR) is 192 cm³/mol. The highest BCUT2D eigenvalue weighted by atomic mass is 35.5. The molecular weight excluding hydrogens is 725 g/mol. The second-order valence-corrected chi connectivity index (χ2v) is 12.7. The van der Waals surface area contributed by atoms with Crippen LogP contribution in [0.5, 0.6) is 11.5 Å². The molecule has 16 heteroatoms. The Bertz CT molecular complexity index is 2040. The zero-order valence-electron chi connectivity index (χ0n) is 28.7. The number of hydrogen-bond acceptors (Lipinski definition) is 11. The van der Waals surface area contributed by atoms with E-state index in [1.54, 1.807) is 36.4 Å². The van der Waals surface area contributed by atoms with Gasteiger partial charge in [0.15, 0.2) is 0 Å². The average molecular weight is 762 g/mol. The molecule has 4 aromatic rings. The third kappa shape index (κ3) is 9.47. The Morgan fingerprint density at radius 1 is 0.926 bits per heavy atom. The molecule has 2 amide bonds. The molecule has 1 aromatic heterocycles. The van der Waals surface area contributed by atoms with Gasteiger partial charge in [-0.1, -0.05) is 48.0 Å². The van der Waals surface area contributed by atoms with Gasteiger partial charge in [-0.15, -0.1) is 0 Å². The molecule has 0 radical (unpaired) electrons. The van der Waals surface area contributed by atoms with Crippen molar-refractivity contribution in [1.29, 1.82) is 5.26 Å². The number of fused-ring (bicyclic) bond motifs is 1. The molecule has 282 valence electrons. The topological polar surface area (TPSA) is 223 Å². The lowest BCUT2D eigenvalue weighted by Crippen LogP contribution is -2.57. The smallest absolute Gasteiger partial charge is 0.328 e. The molecule has 1 heterocycles. The molecule has 1 aliphatic rings. The quantitative estimate of drug-likeness (QED) is 0.0825. The van der Waals surface area contributed by atoms with Crippen LogP contribution < -0.4 is 25.4 Å². The van der Waals surface area contributed by atoms with Crippen LogP contribution in [-0.2, 0) is 34.0 Å². The van der Waals surface area contributed by atoms with E-state index in [-0.39, 0.29) is 35.5 Å². The van der Waals surface area contributed by atoms with Crippen molar-refractivity contribution in [3.05, 3.63) is 112 Å². The number of benzene rings is 3. The minimum atomic E-state index is -1.66. The summed E-state index contributed by atoms with van der Waals surface area (Å²) in [4.78, 5) is 40.8. The number of nitrogens with zero attached hydrogens (tertiary/aromatic N) is 2. The molecule has 14 nitrogen and oxygen atoms in total. The van der Waals surface area contributed by atoms with Crippen LogP contribution >= 0.6 is 11.6 Å². The van der Waals surface area contributed by atoms with Crippen molar-refractivity contribution >= 4 is 29.4 Å². The summed E-state index contributed by atoms with van der Waals surface area (Å²) in [5.41, 5.74) is 4.48. The summed E-state index contributed by atoms with van der Waals surface area (Å²) in [6.07, 6.45) is 3.76. The molecule has 0 unspecified atom stereocenters. The molecule has 3 aromatic carbocycles. The summed E-state index contributed by atoms with van der Waals surface area (Å²) in [5, 5.41) is 54.7. The number of hydrogen-bond donors (Lipinski definition) is 7. The van der Waals surface area contributed by atoms with E-state index in [1.807, 2.05) is 29.6 Å². The number of carboxylic acid groups (broad SMARTS) is 1. The number of rotatable bonds is 17. The van der Waals surface area contributed by atoms with Crippen molar-refractivity contribution in [3.63, 3.8) is 0 Å². The fourth-order valence-electron chi connectivity index (χ4n) is 5.95. The molecule has 1 aliphatic carbocycles. The molecule has 0 saturated heterocycles. The van der Waals surface area contributed by atoms with E-state index in [0.717, 1.165) is 16.7 Å². The van der Waals surface area contributed by atoms with Crippen LogP contribution in [0.2, 0.25) is 5.02 Å². The van der Waals surface area contributed by atoms with E-state index >= 15 is 0 Å². The van der Waals surface area contributed by atoms with Crippen molar-refractivity contribution in [2.75, 3.05) is 19.8 Å². The SMILES string of the molecule is N#Cc1cncc(COc2cc(O[C@H]3CCc4c(-c5ccccc5F)cccc43)c(Cl)cc2CN[C@@H](CO)C(=O)N[C@@H](CO)C(=O)N[C@@H](CO)C(=O)O)c1. The minimum absolute atomic E-state index is 0.0166. The van der Waals surface area contributed by atoms with Gasteiger partial charge in [-0.25, -0.2) is 9.18 Å². The van der Waals surface area contributed by atoms with Crippen molar-refractivity contribution in [3.8, 4) is 28.7 Å². The average Bonchev–Trinajstić information content (AvgIpc) is 3.59. The van der Waals surface area contributed by atoms with Crippen molar-refractivity contribution < 1.29 is 48.7 Å². The Labute approximate surface area is 314 Å². The van der Waals surface area contributed by atoms with Gasteiger partial charge in [0, 0.05) is 41.7 Å². The van der Waals surface area contributed by atoms with Crippen molar-refractivity contribution in [2.45, 2.75) is 50.2 Å². The Kier molecular flexibility index (Phi) is 13.5. The fraction of sp³-hybridized carbons (Fsp3) is 0.289. The van der Waals surface area contributed by atoms with Gasteiger partial charge in [0.25, 0.3) is 0 Å². The van der Waals surface area contributed by atoms with Crippen LogP contribution in [0.25, 0.3) is 11.1 Å². The number of nitriles is 1. The summed E-state index contributed by atoms with van der Waals surface area (Å²) in [7, 11) is 0. The summed E-state index contributed by atoms with van der Waals surface area (Å²) < 4.78 is 27.4. The Morgan fingerprint density at radius 3 is 2.33 bits per heavy atom. The number of aliphatic carboxylic acids is 1. The number of halogens is 2. The maximum atomic E-state index is 14.7. The van der Waals surface area contributed by atoms with Crippen LogP contribution in [0.1, 0.15) is 40.3 Å². The third-order valence-electron chi connectivity index (χ3n) is 8.73. The second-order valence-electron chi connectivity index (χ2n) is 12.3. The van der Waals surface area contributed by atoms with Gasteiger partial charge >= 0.3 is 5.97 Å². The number of carboxylic acids is 1. The molecule has 0 aliphatic heterocycles. The second kappa shape index (κ2) is 18.4. The number of nitrogens with one attached hydrogen (secondary N) is 3. The third-order valence-corrected chi connectivity index (χ3v) is 9.03. The standard InChI is InChI=1S/C38H37ClFN5O9/c39-28-11-23(16-43-30(17-46)36(49)44-31(18-47)37(50)45-32(19-48)38(51)52)34(53-20-22-10-21(13-41)14-42-15-22)12-35(28)54-33-9-8-25-24(5-3-6-27(25)33)26-4-1-2-7-29(26)40/h1-7,10-12,14-15,30-33,43,46-48H,8-9,16-20H2,(H,44,49)(H,45,50)(H,51,52)/t30-,31-,32-,33-/m0/s1. The van der Waals surface area contributed by atoms with Crippen LogP contribution in [-0.4, -0.2) is 81.1 Å². The number of carbonyl (C=O) groups excluding carboxylic acids is 2. The van der Waals surface area contributed by atoms with Crippen LogP contribution in [0.15, 0.2) is 73.1 Å². The Hall–Kier alpha value is -5.63.